The Morgan fingerprint density at radius 1 is 1.13 bits per heavy atom. The lowest BCUT2D eigenvalue weighted by Crippen LogP contribution is -2.42. The zero-order valence-corrected chi connectivity index (χ0v) is 19.0. The van der Waals surface area contributed by atoms with E-state index in [2.05, 4.69) is 22.1 Å². The molecule has 0 spiro atoms. The average molecular weight is 456 g/mol. The third-order valence-corrected chi connectivity index (χ3v) is 8.00. The van der Waals surface area contributed by atoms with E-state index in [1.54, 1.807) is 4.90 Å². The maximum absolute atomic E-state index is 13.2. The predicted molar refractivity (Wildman–Crippen MR) is 124 cm³/mol. The summed E-state index contributed by atoms with van der Waals surface area (Å²) < 4.78 is 24.0. The number of aromatic amines is 1. The number of aromatic nitrogens is 2. The molecule has 2 heterocycles. The standard InChI is InChI=1S/C23H25N3O3S2/c1-17-21(14-18-8-4-2-5-9-18)25-23(24-17)30-15-22(27)26(19-10-6-3-7-11-19)20-12-13-31(28,29)16-20/h2-11,20H,12-16H2,1H3,(H,24,25)/t20-/m1/s1. The fourth-order valence-electron chi connectivity index (χ4n) is 3.82. The number of carbonyl (C=O) groups excluding carboxylic acids is 1. The van der Waals surface area contributed by atoms with Gasteiger partial charge in [0.15, 0.2) is 15.0 Å². The highest BCUT2D eigenvalue weighted by molar-refractivity contribution is 7.99. The summed E-state index contributed by atoms with van der Waals surface area (Å²) in [6, 6.07) is 19.1. The fraction of sp³-hybridized carbons (Fsp3) is 0.304. The van der Waals surface area contributed by atoms with Gasteiger partial charge in [0.1, 0.15) is 0 Å². The molecule has 31 heavy (non-hydrogen) atoms. The van der Waals surface area contributed by atoms with Crippen molar-refractivity contribution >= 4 is 33.2 Å². The van der Waals surface area contributed by atoms with Crippen LogP contribution in [0.3, 0.4) is 0 Å². The molecule has 3 aromatic rings. The monoisotopic (exact) mass is 455 g/mol. The minimum atomic E-state index is -3.10. The first kappa shape index (κ1) is 21.6. The minimum Gasteiger partial charge on any atom is -0.337 e. The number of nitrogens with zero attached hydrogens (tertiary/aromatic N) is 2. The van der Waals surface area contributed by atoms with E-state index in [0.29, 0.717) is 11.6 Å². The zero-order valence-electron chi connectivity index (χ0n) is 17.3. The topological polar surface area (TPSA) is 83.1 Å². The summed E-state index contributed by atoms with van der Waals surface area (Å²) in [5, 5.41) is 0.698. The number of nitrogens with one attached hydrogen (secondary N) is 1. The summed E-state index contributed by atoms with van der Waals surface area (Å²) in [5.74, 6) is 0.210. The number of hydrogen-bond acceptors (Lipinski definition) is 5. The smallest absolute Gasteiger partial charge is 0.237 e. The first-order valence-electron chi connectivity index (χ1n) is 10.2. The van der Waals surface area contributed by atoms with Gasteiger partial charge in [0, 0.05) is 17.8 Å². The molecule has 0 bridgehead atoms. The van der Waals surface area contributed by atoms with Crippen LogP contribution < -0.4 is 4.90 Å². The van der Waals surface area contributed by atoms with Crippen LogP contribution in [-0.4, -0.2) is 47.6 Å². The zero-order chi connectivity index (χ0) is 21.8. The molecule has 1 fully saturated rings. The van der Waals surface area contributed by atoms with Crippen LogP contribution in [0.2, 0.25) is 0 Å². The van der Waals surface area contributed by atoms with Gasteiger partial charge in [-0.3, -0.25) is 4.79 Å². The molecule has 1 saturated heterocycles. The van der Waals surface area contributed by atoms with E-state index in [1.165, 1.54) is 17.3 Å². The summed E-state index contributed by atoms with van der Waals surface area (Å²) >= 11 is 1.35. The molecule has 0 saturated carbocycles. The van der Waals surface area contributed by atoms with Crippen LogP contribution in [-0.2, 0) is 21.1 Å². The number of imidazole rings is 1. The fourth-order valence-corrected chi connectivity index (χ4v) is 6.32. The van der Waals surface area contributed by atoms with Crippen LogP contribution in [0.5, 0.6) is 0 Å². The van der Waals surface area contributed by atoms with Crippen LogP contribution >= 0.6 is 11.8 Å². The highest BCUT2D eigenvalue weighted by atomic mass is 32.2. The lowest BCUT2D eigenvalue weighted by Gasteiger charge is -2.28. The summed E-state index contributed by atoms with van der Waals surface area (Å²) in [7, 11) is -3.10. The molecule has 1 aliphatic heterocycles. The molecular weight excluding hydrogens is 430 g/mol. The number of rotatable bonds is 7. The van der Waals surface area contributed by atoms with E-state index in [9.17, 15) is 13.2 Å². The first-order valence-corrected chi connectivity index (χ1v) is 13.0. The SMILES string of the molecule is Cc1[nH]c(SCC(=O)N(c2ccccc2)[C@@H]2CCS(=O)(=O)C2)nc1Cc1ccccc1. The molecule has 2 aromatic carbocycles. The molecule has 4 rings (SSSR count). The van der Waals surface area contributed by atoms with Gasteiger partial charge in [-0.05, 0) is 31.0 Å². The Morgan fingerprint density at radius 2 is 1.81 bits per heavy atom. The van der Waals surface area contributed by atoms with E-state index < -0.39 is 9.84 Å². The van der Waals surface area contributed by atoms with Gasteiger partial charge in [0.2, 0.25) is 5.91 Å². The molecule has 0 radical (unpaired) electrons. The second-order valence-electron chi connectivity index (χ2n) is 7.72. The van der Waals surface area contributed by atoms with Crippen molar-refractivity contribution in [1.82, 2.24) is 9.97 Å². The van der Waals surface area contributed by atoms with Gasteiger partial charge in [-0.2, -0.15) is 0 Å². The van der Waals surface area contributed by atoms with Crippen LogP contribution in [0.1, 0.15) is 23.4 Å². The lowest BCUT2D eigenvalue weighted by molar-refractivity contribution is -0.116. The number of sulfone groups is 1. The van der Waals surface area contributed by atoms with Crippen LogP contribution in [0, 0.1) is 6.92 Å². The molecule has 0 aliphatic carbocycles. The molecule has 1 amide bonds. The maximum atomic E-state index is 13.2. The summed E-state index contributed by atoms with van der Waals surface area (Å²) in [5.41, 5.74) is 3.86. The molecule has 1 N–H and O–H groups in total. The predicted octanol–water partition coefficient (Wildman–Crippen LogP) is 3.62. The van der Waals surface area contributed by atoms with Crippen molar-refractivity contribution in [1.29, 1.82) is 0 Å². The molecule has 1 atom stereocenters. The third kappa shape index (κ3) is 5.37. The van der Waals surface area contributed by atoms with Crippen LogP contribution in [0.15, 0.2) is 65.8 Å². The number of carbonyl (C=O) groups is 1. The van der Waals surface area contributed by atoms with E-state index in [1.807, 2.05) is 55.5 Å². The van der Waals surface area contributed by atoms with Gasteiger partial charge in [-0.1, -0.05) is 60.3 Å². The quantitative estimate of drug-likeness (QED) is 0.550. The molecular formula is C23H25N3O3S2. The molecule has 0 unspecified atom stereocenters. The Hall–Kier alpha value is -2.58. The number of thioether (sulfide) groups is 1. The molecule has 162 valence electrons. The maximum Gasteiger partial charge on any atom is 0.237 e. The van der Waals surface area contributed by atoms with Crippen molar-refractivity contribution in [3.05, 3.63) is 77.6 Å². The highest BCUT2D eigenvalue weighted by Gasteiger charge is 2.35. The van der Waals surface area contributed by atoms with Crippen molar-refractivity contribution in [2.75, 3.05) is 22.2 Å². The van der Waals surface area contributed by atoms with E-state index in [-0.39, 0.29) is 29.2 Å². The largest absolute Gasteiger partial charge is 0.337 e. The number of benzene rings is 2. The Bertz CT molecular complexity index is 1150. The number of hydrogen-bond donors (Lipinski definition) is 1. The van der Waals surface area contributed by atoms with Gasteiger partial charge in [0.05, 0.1) is 29.0 Å². The summed E-state index contributed by atoms with van der Waals surface area (Å²) in [4.78, 5) is 22.8. The number of aryl methyl sites for hydroxylation is 1. The normalized spacial score (nSPS) is 17.5. The number of para-hydroxylation sites is 1. The van der Waals surface area contributed by atoms with Gasteiger partial charge < -0.3 is 9.88 Å². The van der Waals surface area contributed by atoms with Gasteiger partial charge in [-0.25, -0.2) is 13.4 Å². The lowest BCUT2D eigenvalue weighted by atomic mass is 10.1. The summed E-state index contributed by atoms with van der Waals surface area (Å²) in [6.07, 6.45) is 1.20. The molecule has 1 aromatic heterocycles. The minimum absolute atomic E-state index is 0.0133. The first-order chi connectivity index (χ1) is 14.9. The van der Waals surface area contributed by atoms with Crippen LogP contribution in [0.25, 0.3) is 0 Å². The van der Waals surface area contributed by atoms with E-state index in [0.717, 1.165) is 23.5 Å². The average Bonchev–Trinajstić information content (AvgIpc) is 3.29. The summed E-state index contributed by atoms with van der Waals surface area (Å²) in [6.45, 7) is 1.98. The van der Waals surface area contributed by atoms with Crippen LogP contribution in [0.4, 0.5) is 5.69 Å². The Balaban J connectivity index is 1.46. The highest BCUT2D eigenvalue weighted by Crippen LogP contribution is 2.27. The molecule has 6 nitrogen and oxygen atoms in total. The molecule has 1 aliphatic rings. The van der Waals surface area contributed by atoms with Crippen molar-refractivity contribution in [2.45, 2.75) is 31.0 Å². The van der Waals surface area contributed by atoms with Gasteiger partial charge >= 0.3 is 0 Å². The van der Waals surface area contributed by atoms with Crippen molar-refractivity contribution in [2.24, 2.45) is 0 Å². The second kappa shape index (κ2) is 9.28. The van der Waals surface area contributed by atoms with Crippen molar-refractivity contribution in [3.8, 4) is 0 Å². The van der Waals surface area contributed by atoms with E-state index in [4.69, 9.17) is 0 Å². The number of amides is 1. The van der Waals surface area contributed by atoms with Crippen molar-refractivity contribution in [3.63, 3.8) is 0 Å². The van der Waals surface area contributed by atoms with E-state index >= 15 is 0 Å². The van der Waals surface area contributed by atoms with Gasteiger partial charge in [-0.15, -0.1) is 0 Å². The number of anilines is 1. The Morgan fingerprint density at radius 3 is 2.45 bits per heavy atom. The van der Waals surface area contributed by atoms with Crippen molar-refractivity contribution < 1.29 is 13.2 Å². The number of H-pyrrole nitrogens is 1. The Kier molecular flexibility index (Phi) is 6.48. The third-order valence-electron chi connectivity index (χ3n) is 5.39. The Labute approximate surface area is 187 Å². The molecule has 8 heteroatoms. The second-order valence-corrected chi connectivity index (χ2v) is 10.9. The van der Waals surface area contributed by atoms with Gasteiger partial charge in [0.25, 0.3) is 0 Å².